The molecule has 0 saturated heterocycles. The summed E-state index contributed by atoms with van der Waals surface area (Å²) in [5.74, 6) is -1.44. The van der Waals surface area contributed by atoms with Gasteiger partial charge in [0, 0.05) is 6.42 Å². The number of aromatic carboxylic acids is 1. The highest BCUT2D eigenvalue weighted by molar-refractivity contribution is 7.18. The van der Waals surface area contributed by atoms with Crippen molar-refractivity contribution in [2.75, 3.05) is 0 Å². The van der Waals surface area contributed by atoms with Crippen LogP contribution in [0.1, 0.15) is 26.6 Å². The van der Waals surface area contributed by atoms with E-state index >= 15 is 0 Å². The fraction of sp³-hybridized carbons (Fsp3) is 0.143. The monoisotopic (exact) mass is 319 g/mol. The summed E-state index contributed by atoms with van der Waals surface area (Å²) in [4.78, 5) is 27.3. The van der Waals surface area contributed by atoms with Gasteiger partial charge in [0.25, 0.3) is 5.56 Å². The molecule has 8 heteroatoms. The van der Waals surface area contributed by atoms with E-state index in [-0.39, 0.29) is 27.8 Å². The third kappa shape index (κ3) is 2.48. The minimum Gasteiger partial charge on any atom is -0.477 e. The zero-order valence-electron chi connectivity index (χ0n) is 11.4. The van der Waals surface area contributed by atoms with Gasteiger partial charge in [0.1, 0.15) is 16.4 Å². The van der Waals surface area contributed by atoms with Crippen LogP contribution in [0.2, 0.25) is 0 Å². The van der Waals surface area contributed by atoms with E-state index in [1.165, 1.54) is 16.6 Å². The van der Waals surface area contributed by atoms with Crippen LogP contribution in [0.4, 0.5) is 4.39 Å². The lowest BCUT2D eigenvalue weighted by Gasteiger charge is -2.02. The summed E-state index contributed by atoms with van der Waals surface area (Å²) in [6.45, 7) is 1.60. The van der Waals surface area contributed by atoms with E-state index in [9.17, 15) is 14.0 Å². The molecule has 1 aromatic carbocycles. The normalized spacial score (nSPS) is 11.0. The van der Waals surface area contributed by atoms with Gasteiger partial charge >= 0.3 is 5.97 Å². The average Bonchev–Trinajstić information content (AvgIpc) is 2.79. The smallest absolute Gasteiger partial charge is 0.347 e. The van der Waals surface area contributed by atoms with Gasteiger partial charge in [0.2, 0.25) is 4.96 Å². The van der Waals surface area contributed by atoms with E-state index in [2.05, 4.69) is 10.1 Å². The van der Waals surface area contributed by atoms with Crippen LogP contribution in [0, 0.1) is 12.7 Å². The number of aryl methyl sites for hydroxylation is 1. The Morgan fingerprint density at radius 2 is 2.05 bits per heavy atom. The van der Waals surface area contributed by atoms with Crippen LogP contribution in [-0.2, 0) is 6.42 Å². The molecular weight excluding hydrogens is 309 g/mol. The third-order valence-corrected chi connectivity index (χ3v) is 4.29. The van der Waals surface area contributed by atoms with E-state index in [4.69, 9.17) is 5.11 Å². The second-order valence-electron chi connectivity index (χ2n) is 4.68. The molecule has 3 aromatic rings. The minimum atomic E-state index is -1.08. The fourth-order valence-corrected chi connectivity index (χ4v) is 2.95. The first kappa shape index (κ1) is 14.3. The van der Waals surface area contributed by atoms with Crippen LogP contribution in [0.3, 0.4) is 0 Å². The number of halogens is 1. The van der Waals surface area contributed by atoms with Crippen LogP contribution in [0.5, 0.6) is 0 Å². The van der Waals surface area contributed by atoms with E-state index in [1.807, 2.05) is 0 Å². The van der Waals surface area contributed by atoms with E-state index in [0.717, 1.165) is 16.9 Å². The van der Waals surface area contributed by atoms with Crippen LogP contribution in [0.15, 0.2) is 29.1 Å². The highest BCUT2D eigenvalue weighted by atomic mass is 32.1. The Labute approximate surface area is 127 Å². The fourth-order valence-electron chi connectivity index (χ4n) is 2.06. The molecule has 22 heavy (non-hydrogen) atoms. The number of fused-ring (bicyclic) bond motifs is 1. The number of nitrogens with zero attached hydrogens (tertiary/aromatic N) is 3. The third-order valence-electron chi connectivity index (χ3n) is 3.16. The number of rotatable bonds is 3. The maximum Gasteiger partial charge on any atom is 0.347 e. The molecule has 0 unspecified atom stereocenters. The van der Waals surface area contributed by atoms with Crippen LogP contribution >= 0.6 is 11.3 Å². The minimum absolute atomic E-state index is 0.0957. The predicted octanol–water partition coefficient (Wildman–Crippen LogP) is 1.89. The summed E-state index contributed by atoms with van der Waals surface area (Å²) in [7, 11) is 0. The molecule has 3 rings (SSSR count). The van der Waals surface area contributed by atoms with Gasteiger partial charge in [0.05, 0.1) is 5.69 Å². The molecule has 0 aliphatic rings. The summed E-state index contributed by atoms with van der Waals surface area (Å²) < 4.78 is 14.3. The van der Waals surface area contributed by atoms with E-state index in [0.29, 0.717) is 5.69 Å². The molecule has 0 amide bonds. The van der Waals surface area contributed by atoms with Gasteiger partial charge in [-0.2, -0.15) is 10.1 Å². The topological polar surface area (TPSA) is 84.6 Å². The molecule has 1 N–H and O–H groups in total. The van der Waals surface area contributed by atoms with Crippen LogP contribution in [-0.4, -0.2) is 25.7 Å². The standard InChI is InChI=1S/C14H10FN3O3S/c1-7-11(13(20)21)22-14-16-12(19)10(17-18(7)14)6-8-2-4-9(15)5-3-8/h2-5H,6H2,1H3,(H,20,21). The molecule has 2 heterocycles. The van der Waals surface area contributed by atoms with Crippen LogP contribution in [0.25, 0.3) is 4.96 Å². The molecule has 0 saturated carbocycles. The van der Waals surface area contributed by atoms with Gasteiger partial charge in [-0.1, -0.05) is 23.5 Å². The maximum atomic E-state index is 12.9. The molecule has 0 fully saturated rings. The molecule has 0 radical (unpaired) electrons. The highest BCUT2D eigenvalue weighted by Crippen LogP contribution is 2.19. The zero-order chi connectivity index (χ0) is 15.9. The number of aromatic nitrogens is 3. The number of thiazole rings is 1. The molecule has 0 atom stereocenters. The lowest BCUT2D eigenvalue weighted by atomic mass is 10.1. The van der Waals surface area contributed by atoms with E-state index in [1.54, 1.807) is 19.1 Å². The number of hydrogen-bond acceptors (Lipinski definition) is 5. The Hall–Kier alpha value is -2.61. The summed E-state index contributed by atoms with van der Waals surface area (Å²) >= 11 is 0.903. The largest absolute Gasteiger partial charge is 0.477 e. The van der Waals surface area contributed by atoms with Gasteiger partial charge in [-0.25, -0.2) is 13.7 Å². The summed E-state index contributed by atoms with van der Waals surface area (Å²) in [5.41, 5.74) is 0.809. The molecule has 0 spiro atoms. The maximum absolute atomic E-state index is 12.9. The van der Waals surface area contributed by atoms with Crippen molar-refractivity contribution in [1.82, 2.24) is 14.6 Å². The zero-order valence-corrected chi connectivity index (χ0v) is 12.2. The SMILES string of the molecule is Cc1c(C(=O)O)sc2nc(=O)c(Cc3ccc(F)cc3)nn12. The van der Waals surface area contributed by atoms with Gasteiger partial charge in [0.15, 0.2) is 0 Å². The second kappa shape index (κ2) is 5.30. The summed E-state index contributed by atoms with van der Waals surface area (Å²) in [6, 6.07) is 5.73. The Bertz CT molecular complexity index is 931. The van der Waals surface area contributed by atoms with Crippen molar-refractivity contribution in [3.8, 4) is 0 Å². The average molecular weight is 319 g/mol. The molecular formula is C14H10FN3O3S. The molecule has 112 valence electrons. The Kier molecular flexibility index (Phi) is 3.45. The van der Waals surface area contributed by atoms with Gasteiger partial charge in [-0.15, -0.1) is 0 Å². The molecule has 0 bridgehead atoms. The number of hydrogen-bond donors (Lipinski definition) is 1. The first-order chi connectivity index (χ1) is 10.5. The first-order valence-electron chi connectivity index (χ1n) is 6.33. The quantitative estimate of drug-likeness (QED) is 0.797. The Morgan fingerprint density at radius 3 is 2.68 bits per heavy atom. The van der Waals surface area contributed by atoms with Gasteiger partial charge in [-0.3, -0.25) is 4.79 Å². The van der Waals surface area contributed by atoms with Crippen molar-refractivity contribution in [3.63, 3.8) is 0 Å². The van der Waals surface area contributed by atoms with Crippen molar-refractivity contribution in [3.05, 3.63) is 62.3 Å². The number of carboxylic acid groups (broad SMARTS) is 1. The summed E-state index contributed by atoms with van der Waals surface area (Å²) in [5, 5.41) is 13.3. The molecule has 0 aliphatic heterocycles. The first-order valence-corrected chi connectivity index (χ1v) is 7.14. The molecule has 0 aliphatic carbocycles. The predicted molar refractivity (Wildman–Crippen MR) is 78.0 cm³/mol. The van der Waals surface area contributed by atoms with E-state index < -0.39 is 11.5 Å². The Balaban J connectivity index is 2.08. The lowest BCUT2D eigenvalue weighted by molar-refractivity contribution is 0.0701. The number of carboxylic acids is 1. The van der Waals surface area contributed by atoms with Crippen molar-refractivity contribution < 1.29 is 14.3 Å². The van der Waals surface area contributed by atoms with Crippen molar-refractivity contribution in [1.29, 1.82) is 0 Å². The van der Waals surface area contributed by atoms with Crippen molar-refractivity contribution in [2.24, 2.45) is 0 Å². The molecule has 6 nitrogen and oxygen atoms in total. The van der Waals surface area contributed by atoms with Crippen molar-refractivity contribution >= 4 is 22.3 Å². The van der Waals surface area contributed by atoms with Gasteiger partial charge in [-0.05, 0) is 24.6 Å². The summed E-state index contributed by atoms with van der Waals surface area (Å²) in [6.07, 6.45) is 0.201. The Morgan fingerprint density at radius 1 is 1.36 bits per heavy atom. The number of benzene rings is 1. The number of carbonyl (C=O) groups is 1. The van der Waals surface area contributed by atoms with Crippen LogP contribution < -0.4 is 5.56 Å². The van der Waals surface area contributed by atoms with Gasteiger partial charge < -0.3 is 5.11 Å². The second-order valence-corrected chi connectivity index (χ2v) is 5.66. The molecule has 2 aromatic heterocycles. The lowest BCUT2D eigenvalue weighted by Crippen LogP contribution is -2.18. The highest BCUT2D eigenvalue weighted by Gasteiger charge is 2.17. The van der Waals surface area contributed by atoms with Crippen molar-refractivity contribution in [2.45, 2.75) is 13.3 Å².